The van der Waals surface area contributed by atoms with Crippen molar-refractivity contribution in [3.05, 3.63) is 35.9 Å². The van der Waals surface area contributed by atoms with E-state index in [0.717, 1.165) is 12.0 Å². The van der Waals surface area contributed by atoms with Gasteiger partial charge in [0.2, 0.25) is 15.9 Å². The summed E-state index contributed by atoms with van der Waals surface area (Å²) in [6.45, 7) is 2.21. The minimum absolute atomic E-state index is 0.0686. The van der Waals surface area contributed by atoms with E-state index in [2.05, 4.69) is 4.72 Å². The molecule has 1 rings (SSSR count). The Morgan fingerprint density at radius 1 is 1.25 bits per heavy atom. The minimum Gasteiger partial charge on any atom is -0.340 e. The highest BCUT2D eigenvalue weighted by molar-refractivity contribution is 7.89. The van der Waals surface area contributed by atoms with Gasteiger partial charge >= 0.3 is 0 Å². The van der Waals surface area contributed by atoms with E-state index in [1.54, 1.807) is 7.05 Å². The molecule has 0 saturated heterocycles. The Hall–Kier alpha value is -1.40. The predicted molar refractivity (Wildman–Crippen MR) is 79.6 cm³/mol. The molecule has 0 heterocycles. The molecular weight excluding hydrogens is 276 g/mol. The molecule has 5 nitrogen and oxygen atoms in total. The van der Waals surface area contributed by atoms with Crippen LogP contribution < -0.4 is 4.72 Å². The van der Waals surface area contributed by atoms with Crippen LogP contribution in [0.1, 0.15) is 25.3 Å². The zero-order valence-corrected chi connectivity index (χ0v) is 12.8. The number of nitrogens with one attached hydrogen (secondary N) is 1. The Morgan fingerprint density at radius 2 is 1.90 bits per heavy atom. The Balaban J connectivity index is 2.42. The largest absolute Gasteiger partial charge is 0.340 e. The molecule has 1 amide bonds. The SMILES string of the molecule is CCCCS(=O)(=O)NCC(=O)N(C)Cc1ccccc1. The first-order valence-electron chi connectivity index (χ1n) is 6.70. The summed E-state index contributed by atoms with van der Waals surface area (Å²) in [5, 5.41) is 0. The summed E-state index contributed by atoms with van der Waals surface area (Å²) in [5.41, 5.74) is 1.01. The topological polar surface area (TPSA) is 66.5 Å². The van der Waals surface area contributed by atoms with Gasteiger partial charge in [-0.2, -0.15) is 0 Å². The van der Waals surface area contributed by atoms with Gasteiger partial charge in [-0.3, -0.25) is 4.79 Å². The summed E-state index contributed by atoms with van der Waals surface area (Å²) in [6, 6.07) is 9.57. The van der Waals surface area contributed by atoms with Crippen molar-refractivity contribution < 1.29 is 13.2 Å². The highest BCUT2D eigenvalue weighted by atomic mass is 32.2. The number of unbranched alkanes of at least 4 members (excludes halogenated alkanes) is 1. The molecule has 20 heavy (non-hydrogen) atoms. The van der Waals surface area contributed by atoms with Gasteiger partial charge in [-0.1, -0.05) is 43.7 Å². The van der Waals surface area contributed by atoms with Gasteiger partial charge in [-0.25, -0.2) is 13.1 Å². The monoisotopic (exact) mass is 298 g/mol. The van der Waals surface area contributed by atoms with Gasteiger partial charge in [0, 0.05) is 13.6 Å². The number of carbonyl (C=O) groups is 1. The molecule has 0 bridgehead atoms. The van der Waals surface area contributed by atoms with E-state index in [1.807, 2.05) is 37.3 Å². The summed E-state index contributed by atoms with van der Waals surface area (Å²) in [7, 11) is -1.68. The Bertz CT molecular complexity index is 514. The van der Waals surface area contributed by atoms with Crippen LogP contribution in [0.5, 0.6) is 0 Å². The number of amides is 1. The first-order chi connectivity index (χ1) is 9.44. The molecular formula is C14H22N2O3S. The van der Waals surface area contributed by atoms with Gasteiger partial charge in [0.05, 0.1) is 12.3 Å². The standard InChI is InChI=1S/C14H22N2O3S/c1-3-4-10-20(18,19)15-11-14(17)16(2)12-13-8-6-5-7-9-13/h5-9,15H,3-4,10-12H2,1-2H3. The number of hydrogen-bond acceptors (Lipinski definition) is 3. The van der Waals surface area contributed by atoms with Crippen LogP contribution in [0, 0.1) is 0 Å². The molecule has 0 spiro atoms. The highest BCUT2D eigenvalue weighted by Crippen LogP contribution is 2.02. The number of nitrogens with zero attached hydrogens (tertiary/aromatic N) is 1. The van der Waals surface area contributed by atoms with Crippen molar-refractivity contribution in [1.82, 2.24) is 9.62 Å². The van der Waals surface area contributed by atoms with Gasteiger partial charge in [0.15, 0.2) is 0 Å². The normalized spacial score (nSPS) is 11.3. The Labute approximate surface area is 121 Å². The van der Waals surface area contributed by atoms with Crippen LogP contribution in [0.2, 0.25) is 0 Å². The van der Waals surface area contributed by atoms with Gasteiger partial charge in [0.25, 0.3) is 0 Å². The van der Waals surface area contributed by atoms with E-state index in [-0.39, 0.29) is 18.2 Å². The quantitative estimate of drug-likeness (QED) is 0.788. The van der Waals surface area contributed by atoms with E-state index in [1.165, 1.54) is 4.90 Å². The molecule has 0 unspecified atom stereocenters. The minimum atomic E-state index is -3.34. The molecule has 0 aliphatic heterocycles. The smallest absolute Gasteiger partial charge is 0.237 e. The lowest BCUT2D eigenvalue weighted by Gasteiger charge is -2.17. The van der Waals surface area contributed by atoms with Crippen molar-refractivity contribution in [3.8, 4) is 0 Å². The average Bonchev–Trinajstić information content (AvgIpc) is 2.44. The maximum Gasteiger partial charge on any atom is 0.237 e. The van der Waals surface area contributed by atoms with Crippen LogP contribution in [-0.4, -0.2) is 38.6 Å². The van der Waals surface area contributed by atoms with Gasteiger partial charge in [0.1, 0.15) is 0 Å². The lowest BCUT2D eigenvalue weighted by atomic mass is 10.2. The lowest BCUT2D eigenvalue weighted by molar-refractivity contribution is -0.129. The van der Waals surface area contributed by atoms with E-state index >= 15 is 0 Å². The van der Waals surface area contributed by atoms with Crippen molar-refractivity contribution >= 4 is 15.9 Å². The van der Waals surface area contributed by atoms with Crippen LogP contribution in [0.3, 0.4) is 0 Å². The Kier molecular flexibility index (Phi) is 6.67. The second-order valence-electron chi connectivity index (χ2n) is 4.73. The van der Waals surface area contributed by atoms with Crippen LogP contribution in [-0.2, 0) is 21.4 Å². The highest BCUT2D eigenvalue weighted by Gasteiger charge is 2.14. The van der Waals surface area contributed by atoms with E-state index < -0.39 is 10.0 Å². The van der Waals surface area contributed by atoms with Crippen molar-refractivity contribution in [1.29, 1.82) is 0 Å². The molecule has 1 aromatic carbocycles. The molecule has 0 atom stereocenters. The summed E-state index contributed by atoms with van der Waals surface area (Å²) in [5.74, 6) is -0.173. The first-order valence-corrected chi connectivity index (χ1v) is 8.35. The average molecular weight is 298 g/mol. The van der Waals surface area contributed by atoms with Crippen LogP contribution >= 0.6 is 0 Å². The van der Waals surface area contributed by atoms with E-state index in [4.69, 9.17) is 0 Å². The Morgan fingerprint density at radius 3 is 2.50 bits per heavy atom. The number of benzene rings is 1. The van der Waals surface area contributed by atoms with Gasteiger partial charge in [-0.15, -0.1) is 0 Å². The predicted octanol–water partition coefficient (Wildman–Crippen LogP) is 1.36. The van der Waals surface area contributed by atoms with Crippen LogP contribution in [0.25, 0.3) is 0 Å². The zero-order valence-electron chi connectivity index (χ0n) is 12.0. The fraction of sp³-hybridized carbons (Fsp3) is 0.500. The summed E-state index contributed by atoms with van der Waals surface area (Å²) in [4.78, 5) is 13.4. The lowest BCUT2D eigenvalue weighted by Crippen LogP contribution is -2.38. The second kappa shape index (κ2) is 8.01. The zero-order chi connectivity index (χ0) is 15.0. The third kappa shape index (κ3) is 6.16. The fourth-order valence-electron chi connectivity index (χ4n) is 1.66. The molecule has 0 radical (unpaired) electrons. The van der Waals surface area contributed by atoms with E-state index in [0.29, 0.717) is 13.0 Å². The number of hydrogen-bond donors (Lipinski definition) is 1. The number of likely N-dealkylation sites (N-methyl/N-ethyl adjacent to an activating group) is 1. The molecule has 0 fully saturated rings. The number of sulfonamides is 1. The third-order valence-electron chi connectivity index (χ3n) is 2.90. The second-order valence-corrected chi connectivity index (χ2v) is 6.66. The molecule has 1 aromatic rings. The summed E-state index contributed by atoms with van der Waals surface area (Å²) >= 11 is 0. The molecule has 6 heteroatoms. The number of rotatable bonds is 8. The molecule has 0 aliphatic rings. The molecule has 1 N–H and O–H groups in total. The van der Waals surface area contributed by atoms with Crippen molar-refractivity contribution in [3.63, 3.8) is 0 Å². The van der Waals surface area contributed by atoms with Crippen LogP contribution in [0.4, 0.5) is 0 Å². The van der Waals surface area contributed by atoms with Gasteiger partial charge in [-0.05, 0) is 12.0 Å². The maximum atomic E-state index is 11.9. The molecule has 0 aromatic heterocycles. The third-order valence-corrected chi connectivity index (χ3v) is 4.31. The van der Waals surface area contributed by atoms with E-state index in [9.17, 15) is 13.2 Å². The van der Waals surface area contributed by atoms with Crippen LogP contribution in [0.15, 0.2) is 30.3 Å². The van der Waals surface area contributed by atoms with Crippen molar-refractivity contribution in [2.24, 2.45) is 0 Å². The summed E-state index contributed by atoms with van der Waals surface area (Å²) < 4.78 is 25.5. The molecule has 0 aliphatic carbocycles. The maximum absolute atomic E-state index is 11.9. The van der Waals surface area contributed by atoms with Gasteiger partial charge < -0.3 is 4.90 Å². The molecule has 0 saturated carbocycles. The van der Waals surface area contributed by atoms with Crippen molar-refractivity contribution in [2.75, 3.05) is 19.3 Å². The summed E-state index contributed by atoms with van der Waals surface area (Å²) in [6.07, 6.45) is 1.41. The van der Waals surface area contributed by atoms with Crippen molar-refractivity contribution in [2.45, 2.75) is 26.3 Å². The first kappa shape index (κ1) is 16.7. The molecule has 112 valence electrons. The number of carbonyl (C=O) groups excluding carboxylic acids is 1. The fourth-order valence-corrected chi connectivity index (χ4v) is 2.82.